The first-order valence-electron chi connectivity index (χ1n) is 11.9. The molecule has 1 aromatic carbocycles. The lowest BCUT2D eigenvalue weighted by molar-refractivity contribution is 0.0802. The van der Waals surface area contributed by atoms with E-state index in [2.05, 4.69) is 63.3 Å². The summed E-state index contributed by atoms with van der Waals surface area (Å²) in [5, 5.41) is 18.9. The molecule has 5 nitrogen and oxygen atoms in total. The monoisotopic (exact) mass is 476 g/mol. The maximum Gasteiger partial charge on any atom is 0.144 e. The summed E-state index contributed by atoms with van der Waals surface area (Å²) in [4.78, 5) is 4.79. The Balaban J connectivity index is 2.33. The van der Waals surface area contributed by atoms with Gasteiger partial charge in [0.2, 0.25) is 0 Å². The number of methoxy groups -OCH3 is 1. The Morgan fingerprint density at radius 1 is 1.30 bits per heavy atom. The van der Waals surface area contributed by atoms with E-state index in [9.17, 15) is 5.11 Å². The van der Waals surface area contributed by atoms with E-state index in [1.165, 1.54) is 26.2 Å². The van der Waals surface area contributed by atoms with E-state index in [0.717, 1.165) is 12.1 Å². The van der Waals surface area contributed by atoms with Crippen molar-refractivity contribution in [3.63, 3.8) is 0 Å². The molecule has 0 radical (unpaired) electrons. The van der Waals surface area contributed by atoms with Crippen LogP contribution in [0.2, 0.25) is 5.02 Å². The van der Waals surface area contributed by atoms with Gasteiger partial charge in [-0.3, -0.25) is 0 Å². The van der Waals surface area contributed by atoms with Gasteiger partial charge in [-0.25, -0.2) is 0 Å². The number of nitrogens with zero attached hydrogens (tertiary/aromatic N) is 1. The molecule has 6 heteroatoms. The summed E-state index contributed by atoms with van der Waals surface area (Å²) in [5.74, 6) is 1.77. The molecule has 0 aromatic heterocycles. The second kappa shape index (κ2) is 11.9. The lowest BCUT2D eigenvalue weighted by atomic mass is 9.60. The minimum absolute atomic E-state index is 0.109. The molecule has 1 aromatic rings. The lowest BCUT2D eigenvalue weighted by Crippen LogP contribution is -2.48. The fourth-order valence-corrected chi connectivity index (χ4v) is 5.20. The van der Waals surface area contributed by atoms with Crippen molar-refractivity contribution in [1.82, 2.24) is 5.32 Å². The standard InChI is InChI=1S/C27H41ClN2O3/c1-9-29-23-13-11-18(3)27(6,20(23)5)15-14-17(2)10-12-21-25(31)22(16-30-33-8)19(4)24(28)26(21)32-7/h10,14-16,18,20,23,29,31H,9,11-13H2,1-8H3/b15-14+,17-10+,30-16+/t18-,20+,23-,27+/m1/s1. The quantitative estimate of drug-likeness (QED) is 0.244. The van der Waals surface area contributed by atoms with Gasteiger partial charge in [0, 0.05) is 17.2 Å². The predicted octanol–water partition coefficient (Wildman–Crippen LogP) is 6.44. The van der Waals surface area contributed by atoms with Crippen LogP contribution in [0.1, 0.15) is 64.2 Å². The number of ether oxygens (including phenoxy) is 1. The summed E-state index contributed by atoms with van der Waals surface area (Å²) in [6.07, 6.45) is 11.1. The normalized spacial score (nSPS) is 26.3. The molecular weight excluding hydrogens is 436 g/mol. The summed E-state index contributed by atoms with van der Waals surface area (Å²) in [6.45, 7) is 14.2. The van der Waals surface area contributed by atoms with Gasteiger partial charge in [0.15, 0.2) is 0 Å². The highest BCUT2D eigenvalue weighted by Gasteiger charge is 2.42. The Morgan fingerprint density at radius 3 is 2.61 bits per heavy atom. The van der Waals surface area contributed by atoms with Crippen molar-refractivity contribution in [3.8, 4) is 11.5 Å². The first-order chi connectivity index (χ1) is 15.6. The number of hydrogen-bond acceptors (Lipinski definition) is 5. The van der Waals surface area contributed by atoms with Gasteiger partial charge >= 0.3 is 0 Å². The van der Waals surface area contributed by atoms with Gasteiger partial charge in [0.25, 0.3) is 0 Å². The molecule has 0 amide bonds. The van der Waals surface area contributed by atoms with Crippen LogP contribution < -0.4 is 10.1 Å². The van der Waals surface area contributed by atoms with Crippen molar-refractivity contribution in [1.29, 1.82) is 0 Å². The number of oxime groups is 1. The average molecular weight is 477 g/mol. The van der Waals surface area contributed by atoms with Gasteiger partial charge in [-0.2, -0.15) is 0 Å². The van der Waals surface area contributed by atoms with E-state index >= 15 is 0 Å². The number of halogens is 1. The highest BCUT2D eigenvalue weighted by molar-refractivity contribution is 6.33. The first kappa shape index (κ1) is 27.3. The topological polar surface area (TPSA) is 63.1 Å². The summed E-state index contributed by atoms with van der Waals surface area (Å²) >= 11 is 6.54. The third kappa shape index (κ3) is 5.93. The van der Waals surface area contributed by atoms with Gasteiger partial charge in [0.1, 0.15) is 18.6 Å². The van der Waals surface area contributed by atoms with Crippen molar-refractivity contribution in [2.75, 3.05) is 20.8 Å². The first-order valence-corrected chi connectivity index (χ1v) is 12.2. The maximum atomic E-state index is 10.9. The number of phenols is 1. The third-order valence-corrected chi connectivity index (χ3v) is 8.05. The van der Waals surface area contributed by atoms with E-state index in [0.29, 0.717) is 51.8 Å². The highest BCUT2D eigenvalue weighted by atomic mass is 35.5. The second-order valence-electron chi connectivity index (χ2n) is 9.41. The number of nitrogens with one attached hydrogen (secondary N) is 1. The van der Waals surface area contributed by atoms with E-state index < -0.39 is 0 Å². The lowest BCUT2D eigenvalue weighted by Gasteiger charge is -2.47. The average Bonchev–Trinajstić information content (AvgIpc) is 2.79. The van der Waals surface area contributed by atoms with Crippen molar-refractivity contribution >= 4 is 17.8 Å². The Bertz CT molecular complexity index is 909. The number of allylic oxidation sites excluding steroid dienone is 4. The molecule has 33 heavy (non-hydrogen) atoms. The molecule has 0 aliphatic heterocycles. The van der Waals surface area contributed by atoms with E-state index in [1.807, 2.05) is 6.92 Å². The van der Waals surface area contributed by atoms with Crippen molar-refractivity contribution in [3.05, 3.63) is 45.5 Å². The molecular formula is C27H41ClN2O3. The van der Waals surface area contributed by atoms with Crippen LogP contribution >= 0.6 is 11.6 Å². The summed E-state index contributed by atoms with van der Waals surface area (Å²) in [7, 11) is 3.03. The molecule has 184 valence electrons. The van der Waals surface area contributed by atoms with Crippen LogP contribution in [-0.4, -0.2) is 38.1 Å². The van der Waals surface area contributed by atoms with Gasteiger partial charge in [-0.15, -0.1) is 0 Å². The van der Waals surface area contributed by atoms with Crippen LogP contribution in [0.3, 0.4) is 0 Å². The molecule has 1 fully saturated rings. The third-order valence-electron chi connectivity index (χ3n) is 7.60. The highest BCUT2D eigenvalue weighted by Crippen LogP contribution is 2.46. The van der Waals surface area contributed by atoms with Gasteiger partial charge in [-0.1, -0.05) is 68.3 Å². The molecule has 1 aliphatic carbocycles. The smallest absolute Gasteiger partial charge is 0.144 e. The zero-order valence-corrected chi connectivity index (χ0v) is 22.2. The van der Waals surface area contributed by atoms with Crippen molar-refractivity contribution in [2.24, 2.45) is 22.4 Å². The van der Waals surface area contributed by atoms with Crippen LogP contribution in [0.25, 0.3) is 0 Å². The van der Waals surface area contributed by atoms with Crippen LogP contribution in [0.5, 0.6) is 11.5 Å². The molecule has 0 heterocycles. The number of aromatic hydroxyl groups is 1. The van der Waals surface area contributed by atoms with Gasteiger partial charge < -0.3 is 20.0 Å². The number of phenolic OH excluding ortho intramolecular Hbond substituents is 1. The minimum atomic E-state index is 0.109. The maximum absolute atomic E-state index is 10.9. The molecule has 0 unspecified atom stereocenters. The fraction of sp³-hybridized carbons (Fsp3) is 0.593. The molecule has 2 N–H and O–H groups in total. The minimum Gasteiger partial charge on any atom is -0.507 e. The van der Waals surface area contributed by atoms with Crippen molar-refractivity contribution < 1.29 is 14.7 Å². The second-order valence-corrected chi connectivity index (χ2v) is 9.79. The zero-order chi connectivity index (χ0) is 24.8. The molecule has 2 rings (SSSR count). The largest absolute Gasteiger partial charge is 0.507 e. The van der Waals surface area contributed by atoms with Crippen LogP contribution in [0.4, 0.5) is 0 Å². The number of rotatable bonds is 9. The van der Waals surface area contributed by atoms with Crippen LogP contribution in [0, 0.1) is 24.2 Å². The van der Waals surface area contributed by atoms with Crippen molar-refractivity contribution in [2.45, 2.75) is 66.8 Å². The molecule has 1 saturated carbocycles. The fourth-order valence-electron chi connectivity index (χ4n) is 4.91. The molecule has 0 spiro atoms. The van der Waals surface area contributed by atoms with E-state index in [-0.39, 0.29) is 11.2 Å². The molecule has 0 bridgehead atoms. The van der Waals surface area contributed by atoms with E-state index in [1.54, 1.807) is 7.11 Å². The number of hydrogen-bond donors (Lipinski definition) is 2. The van der Waals surface area contributed by atoms with Gasteiger partial charge in [0.05, 0.1) is 18.3 Å². The van der Waals surface area contributed by atoms with Gasteiger partial charge in [-0.05, 0) is 62.5 Å². The Hall–Kier alpha value is -1.98. The van der Waals surface area contributed by atoms with Crippen LogP contribution in [0.15, 0.2) is 29.0 Å². The Kier molecular flexibility index (Phi) is 9.86. The molecule has 1 aliphatic rings. The SMILES string of the molecule is CCN[C@@H]1CC[C@@H](C)[C@](C)(/C=C/C(C)=C/Cc2c(O)c(/C=N/OC)c(C)c(Cl)c2OC)[C@H]1C. The summed E-state index contributed by atoms with van der Waals surface area (Å²) < 4.78 is 5.54. The molecule has 0 saturated heterocycles. The summed E-state index contributed by atoms with van der Waals surface area (Å²) in [6, 6.07) is 0.549. The Morgan fingerprint density at radius 2 is 2.00 bits per heavy atom. The predicted molar refractivity (Wildman–Crippen MR) is 139 cm³/mol. The zero-order valence-electron chi connectivity index (χ0n) is 21.5. The Labute approximate surface area is 204 Å². The van der Waals surface area contributed by atoms with E-state index in [4.69, 9.17) is 21.2 Å². The summed E-state index contributed by atoms with van der Waals surface area (Å²) in [5.41, 5.74) is 3.12. The molecule has 4 atom stereocenters. The number of benzene rings is 1. The van der Waals surface area contributed by atoms with Crippen LogP contribution in [-0.2, 0) is 11.3 Å².